The maximum Gasteiger partial charge on any atom is 0.422 e. The number of nitrogens with two attached hydrogens (primary N) is 1. The van der Waals surface area contributed by atoms with E-state index in [4.69, 9.17) is 10.8 Å². The zero-order valence-electron chi connectivity index (χ0n) is 10.0. The van der Waals surface area contributed by atoms with Crippen LogP contribution in [0.25, 0.3) is 0 Å². The van der Waals surface area contributed by atoms with Gasteiger partial charge in [-0.1, -0.05) is 12.1 Å². The monoisotopic (exact) mass is 324 g/mol. The molecule has 0 aromatic heterocycles. The van der Waals surface area contributed by atoms with Crippen molar-refractivity contribution in [3.63, 3.8) is 0 Å². The molecule has 112 valence electrons. The molecule has 1 amide bonds. The highest BCUT2D eigenvalue weighted by Crippen LogP contribution is 2.15. The van der Waals surface area contributed by atoms with Gasteiger partial charge < -0.3 is 15.0 Å². The summed E-state index contributed by atoms with van der Waals surface area (Å²) in [4.78, 5) is 10.6. The third-order valence-electron chi connectivity index (χ3n) is 2.08. The summed E-state index contributed by atoms with van der Waals surface area (Å²) < 4.78 is 48.6. The fourth-order valence-electron chi connectivity index (χ4n) is 1.18. The molecule has 0 heterocycles. The van der Waals surface area contributed by atoms with Gasteiger partial charge >= 0.3 is 16.2 Å². The molecule has 0 spiro atoms. The maximum atomic E-state index is 11.6. The third-order valence-corrected chi connectivity index (χ3v) is 4.00. The standard InChI is InChI=1S/C9H12N2O7S2/c10-5-7-1-3-8(4-2-7)18-20(16,17)6-11(9(12)13)19(14)15/h1-4,19H,5-6,10H2,(H,12,13). The predicted octanol–water partition coefficient (Wildman–Crippen LogP) is -0.682. The van der Waals surface area contributed by atoms with Crippen molar-refractivity contribution in [1.29, 1.82) is 0 Å². The molecule has 0 radical (unpaired) electrons. The van der Waals surface area contributed by atoms with Crippen LogP contribution >= 0.6 is 0 Å². The molecule has 0 unspecified atom stereocenters. The van der Waals surface area contributed by atoms with Crippen LogP contribution in [-0.4, -0.2) is 38.2 Å². The van der Waals surface area contributed by atoms with Crippen LogP contribution in [0.15, 0.2) is 24.3 Å². The summed E-state index contributed by atoms with van der Waals surface area (Å²) >= 11 is 0. The Kier molecular flexibility index (Phi) is 5.30. The molecular formula is C9H12N2O7S2. The first-order valence-electron chi connectivity index (χ1n) is 5.11. The molecule has 0 aliphatic heterocycles. The van der Waals surface area contributed by atoms with Crippen LogP contribution < -0.4 is 9.92 Å². The van der Waals surface area contributed by atoms with Gasteiger partial charge in [0.25, 0.3) is 0 Å². The highest BCUT2D eigenvalue weighted by Gasteiger charge is 2.24. The summed E-state index contributed by atoms with van der Waals surface area (Å²) in [6, 6.07) is 5.69. The predicted molar refractivity (Wildman–Crippen MR) is 68.9 cm³/mol. The highest BCUT2D eigenvalue weighted by molar-refractivity contribution is 7.87. The lowest BCUT2D eigenvalue weighted by molar-refractivity contribution is 0.176. The highest BCUT2D eigenvalue weighted by atomic mass is 32.2. The zero-order valence-corrected chi connectivity index (χ0v) is 11.7. The Morgan fingerprint density at radius 1 is 1.30 bits per heavy atom. The van der Waals surface area contributed by atoms with Crippen LogP contribution in [-0.2, 0) is 27.6 Å². The first-order valence-corrected chi connectivity index (χ1v) is 7.82. The lowest BCUT2D eigenvalue weighted by Gasteiger charge is -2.12. The Balaban J connectivity index is 2.85. The van der Waals surface area contributed by atoms with Crippen molar-refractivity contribution in [1.82, 2.24) is 4.31 Å². The second kappa shape index (κ2) is 6.54. The number of benzene rings is 1. The van der Waals surface area contributed by atoms with Crippen molar-refractivity contribution in [2.45, 2.75) is 6.54 Å². The summed E-state index contributed by atoms with van der Waals surface area (Å²) in [6.07, 6.45) is -1.91. The Hall–Kier alpha value is -1.85. The van der Waals surface area contributed by atoms with Crippen molar-refractivity contribution in [2.75, 3.05) is 5.88 Å². The van der Waals surface area contributed by atoms with Crippen LogP contribution in [0, 0.1) is 0 Å². The topological polar surface area (TPSA) is 144 Å². The lowest BCUT2D eigenvalue weighted by atomic mass is 10.2. The molecule has 0 fully saturated rings. The van der Waals surface area contributed by atoms with Gasteiger partial charge in [0.05, 0.1) is 0 Å². The van der Waals surface area contributed by atoms with Crippen LogP contribution in [0.3, 0.4) is 0 Å². The molecule has 20 heavy (non-hydrogen) atoms. The van der Waals surface area contributed by atoms with E-state index >= 15 is 0 Å². The number of carboxylic acid groups (broad SMARTS) is 1. The molecule has 9 nitrogen and oxygen atoms in total. The van der Waals surface area contributed by atoms with E-state index in [0.29, 0.717) is 0 Å². The van der Waals surface area contributed by atoms with Crippen molar-refractivity contribution >= 4 is 27.1 Å². The van der Waals surface area contributed by atoms with E-state index in [2.05, 4.69) is 4.18 Å². The van der Waals surface area contributed by atoms with Gasteiger partial charge in [-0.2, -0.15) is 12.7 Å². The van der Waals surface area contributed by atoms with E-state index in [1.54, 1.807) is 0 Å². The van der Waals surface area contributed by atoms with E-state index in [0.717, 1.165) is 5.56 Å². The summed E-state index contributed by atoms with van der Waals surface area (Å²) in [5, 5.41) is 8.55. The maximum absolute atomic E-state index is 11.6. The van der Waals surface area contributed by atoms with E-state index < -0.39 is 33.0 Å². The largest absolute Gasteiger partial charge is 0.464 e. The average Bonchev–Trinajstić information content (AvgIpc) is 2.36. The van der Waals surface area contributed by atoms with Gasteiger partial charge in [0.15, 0.2) is 5.88 Å². The Morgan fingerprint density at radius 3 is 2.25 bits per heavy atom. The molecule has 1 aromatic rings. The van der Waals surface area contributed by atoms with E-state index in [1.807, 2.05) is 0 Å². The average molecular weight is 324 g/mol. The van der Waals surface area contributed by atoms with Gasteiger partial charge in [-0.15, -0.1) is 0 Å². The molecule has 0 saturated carbocycles. The van der Waals surface area contributed by atoms with E-state index in [-0.39, 0.29) is 16.6 Å². The number of hydrogen-bond donors (Lipinski definition) is 3. The molecule has 1 aromatic carbocycles. The number of rotatable bonds is 6. The van der Waals surface area contributed by atoms with Crippen LogP contribution in [0.5, 0.6) is 5.75 Å². The fraction of sp³-hybridized carbons (Fsp3) is 0.222. The lowest BCUT2D eigenvalue weighted by Crippen LogP contribution is -2.35. The number of hydrogen-bond acceptors (Lipinski definition) is 7. The Morgan fingerprint density at radius 2 is 1.85 bits per heavy atom. The van der Waals surface area contributed by atoms with Crippen molar-refractivity contribution in [3.05, 3.63) is 29.8 Å². The minimum atomic E-state index is -4.41. The number of thiol groups is 1. The first-order chi connectivity index (χ1) is 9.25. The molecule has 0 aliphatic rings. The zero-order chi connectivity index (χ0) is 15.3. The quantitative estimate of drug-likeness (QED) is 0.461. The van der Waals surface area contributed by atoms with Crippen LogP contribution in [0.1, 0.15) is 5.56 Å². The minimum absolute atomic E-state index is 0.0753. The molecule has 11 heteroatoms. The smallest absolute Gasteiger partial charge is 0.422 e. The van der Waals surface area contributed by atoms with Crippen LogP contribution in [0.2, 0.25) is 0 Å². The minimum Gasteiger partial charge on any atom is -0.464 e. The van der Waals surface area contributed by atoms with Crippen molar-refractivity contribution in [2.24, 2.45) is 5.73 Å². The van der Waals surface area contributed by atoms with Gasteiger partial charge in [-0.05, 0) is 17.7 Å². The summed E-state index contributed by atoms with van der Waals surface area (Å²) in [6.45, 7) is 0.260. The molecular weight excluding hydrogens is 312 g/mol. The summed E-state index contributed by atoms with van der Waals surface area (Å²) in [5.41, 5.74) is 6.10. The van der Waals surface area contributed by atoms with Gasteiger partial charge in [0.1, 0.15) is 5.75 Å². The molecule has 1 rings (SSSR count). The van der Waals surface area contributed by atoms with E-state index in [9.17, 15) is 21.6 Å². The SMILES string of the molecule is NCc1ccc(OS(=O)(=O)CN(C(=O)O)[SH](=O)=O)cc1. The van der Waals surface area contributed by atoms with Crippen molar-refractivity contribution < 1.29 is 30.9 Å². The normalized spacial score (nSPS) is 11.3. The third kappa shape index (κ3) is 4.68. The van der Waals surface area contributed by atoms with Gasteiger partial charge in [0, 0.05) is 6.54 Å². The molecule has 0 saturated heterocycles. The Bertz CT molecular complexity index is 643. The number of carbonyl (C=O) groups is 1. The first kappa shape index (κ1) is 16.2. The van der Waals surface area contributed by atoms with Gasteiger partial charge in [-0.25, -0.2) is 13.2 Å². The summed E-state index contributed by atoms with van der Waals surface area (Å²) in [7, 11) is -8.01. The molecule has 0 aliphatic carbocycles. The fourth-order valence-corrected chi connectivity index (χ4v) is 2.98. The van der Waals surface area contributed by atoms with E-state index in [1.165, 1.54) is 24.3 Å². The second-order valence-electron chi connectivity index (χ2n) is 3.54. The molecule has 0 atom stereocenters. The molecule has 3 N–H and O–H groups in total. The van der Waals surface area contributed by atoms with Gasteiger partial charge in [-0.3, -0.25) is 0 Å². The number of nitrogens with zero attached hydrogens (tertiary/aromatic N) is 1. The Labute approximate surface area is 116 Å². The van der Waals surface area contributed by atoms with Crippen molar-refractivity contribution in [3.8, 4) is 5.75 Å². The number of amides is 1. The second-order valence-corrected chi connectivity index (χ2v) is 6.04. The summed E-state index contributed by atoms with van der Waals surface area (Å²) in [5.74, 6) is -1.40. The van der Waals surface area contributed by atoms with Crippen LogP contribution in [0.4, 0.5) is 4.79 Å². The molecule has 0 bridgehead atoms. The van der Waals surface area contributed by atoms with Gasteiger partial charge in [0.2, 0.25) is 10.9 Å².